The Kier molecular flexibility index (Phi) is 5.20. The third-order valence-corrected chi connectivity index (χ3v) is 6.23. The molecule has 166 valence electrons. The lowest BCUT2D eigenvalue weighted by Gasteiger charge is -2.36. The van der Waals surface area contributed by atoms with E-state index < -0.39 is 35.1 Å². The van der Waals surface area contributed by atoms with Crippen LogP contribution in [0.4, 0.5) is 0 Å². The number of amides is 3. The average Bonchev–Trinajstić information content (AvgIpc) is 3.32. The zero-order valence-electron chi connectivity index (χ0n) is 18.7. The molecule has 3 heterocycles. The van der Waals surface area contributed by atoms with Gasteiger partial charge in [0, 0.05) is 18.1 Å². The van der Waals surface area contributed by atoms with Gasteiger partial charge in [0.15, 0.2) is 0 Å². The van der Waals surface area contributed by atoms with Crippen LogP contribution in [0.2, 0.25) is 0 Å². The van der Waals surface area contributed by atoms with Crippen LogP contribution in [0.1, 0.15) is 40.2 Å². The van der Waals surface area contributed by atoms with Crippen LogP contribution in [0.25, 0.3) is 0 Å². The molecule has 0 radical (unpaired) electrons. The summed E-state index contributed by atoms with van der Waals surface area (Å²) in [5, 5.41) is 5.96. The van der Waals surface area contributed by atoms with Crippen molar-refractivity contribution in [3.8, 4) is 0 Å². The van der Waals surface area contributed by atoms with Crippen LogP contribution in [0.15, 0.2) is 42.5 Å². The summed E-state index contributed by atoms with van der Waals surface area (Å²) in [7, 11) is 0. The Labute approximate surface area is 183 Å². The molecular formula is C24H31N3O4. The molecule has 1 aromatic rings. The maximum atomic E-state index is 13.5. The van der Waals surface area contributed by atoms with Crippen LogP contribution < -0.4 is 10.6 Å². The zero-order valence-corrected chi connectivity index (χ0v) is 18.7. The summed E-state index contributed by atoms with van der Waals surface area (Å²) in [4.78, 5) is 41.6. The quantitative estimate of drug-likeness (QED) is 0.704. The van der Waals surface area contributed by atoms with Gasteiger partial charge in [-0.2, -0.15) is 0 Å². The molecule has 5 atom stereocenters. The SMILES string of the molecule is CC(C)N1C(=O)[C@H]2[C@@H](C(=O)NCc3ccccc3)[C@@H]3C=C[C@@]2(O3)[C@@H]1C(=O)NC(C)(C)C. The second-order valence-electron chi connectivity index (χ2n) is 9.98. The van der Waals surface area contributed by atoms with Crippen LogP contribution in [0, 0.1) is 11.8 Å². The summed E-state index contributed by atoms with van der Waals surface area (Å²) < 4.78 is 6.27. The van der Waals surface area contributed by atoms with E-state index >= 15 is 0 Å². The minimum absolute atomic E-state index is 0.198. The number of hydrogen-bond donors (Lipinski definition) is 2. The van der Waals surface area contributed by atoms with Crippen LogP contribution >= 0.6 is 0 Å². The largest absolute Gasteiger partial charge is 0.359 e. The number of nitrogens with zero attached hydrogens (tertiary/aromatic N) is 1. The van der Waals surface area contributed by atoms with Gasteiger partial charge < -0.3 is 20.3 Å². The number of carbonyl (C=O) groups is 3. The molecule has 0 unspecified atom stereocenters. The van der Waals surface area contributed by atoms with Crippen molar-refractivity contribution in [1.82, 2.24) is 15.5 Å². The molecule has 3 amide bonds. The number of benzene rings is 1. The highest BCUT2D eigenvalue weighted by molar-refractivity contribution is 6.00. The fraction of sp³-hybridized carbons (Fsp3) is 0.542. The Balaban J connectivity index is 1.62. The first-order valence-corrected chi connectivity index (χ1v) is 10.9. The molecule has 0 aromatic heterocycles. The number of rotatable bonds is 5. The van der Waals surface area contributed by atoms with Crippen molar-refractivity contribution < 1.29 is 19.1 Å². The van der Waals surface area contributed by atoms with E-state index in [1.165, 1.54) is 0 Å². The molecule has 3 aliphatic heterocycles. The van der Waals surface area contributed by atoms with E-state index in [-0.39, 0.29) is 23.8 Å². The van der Waals surface area contributed by atoms with E-state index in [4.69, 9.17) is 4.74 Å². The van der Waals surface area contributed by atoms with Crippen molar-refractivity contribution in [3.63, 3.8) is 0 Å². The number of hydrogen-bond acceptors (Lipinski definition) is 4. The standard InChI is InChI=1S/C24H31N3O4/c1-14(2)27-19(21(29)26-23(3,4)5)24-12-11-16(31-24)17(18(24)22(27)30)20(28)25-13-15-9-7-6-8-10-15/h6-12,14,16-19H,13H2,1-5H3,(H,25,28)(H,26,29)/t16-,17-,18+,19-,24-/m0/s1. The second kappa shape index (κ2) is 7.48. The van der Waals surface area contributed by atoms with E-state index in [0.29, 0.717) is 6.54 Å². The van der Waals surface area contributed by atoms with Gasteiger partial charge in [0.25, 0.3) is 0 Å². The molecule has 31 heavy (non-hydrogen) atoms. The van der Waals surface area contributed by atoms with Crippen LogP contribution in [0.3, 0.4) is 0 Å². The Morgan fingerprint density at radius 2 is 1.84 bits per heavy atom. The predicted octanol–water partition coefficient (Wildman–Crippen LogP) is 1.78. The van der Waals surface area contributed by atoms with E-state index in [1.807, 2.05) is 77.1 Å². The molecule has 2 N–H and O–H groups in total. The van der Waals surface area contributed by atoms with Crippen molar-refractivity contribution in [3.05, 3.63) is 48.0 Å². The molecule has 4 rings (SSSR count). The van der Waals surface area contributed by atoms with Crippen LogP contribution in [-0.2, 0) is 25.7 Å². The summed E-state index contributed by atoms with van der Waals surface area (Å²) >= 11 is 0. The molecule has 2 bridgehead atoms. The smallest absolute Gasteiger partial charge is 0.246 e. The normalized spacial score (nSPS) is 31.3. The summed E-state index contributed by atoms with van der Waals surface area (Å²) in [5.74, 6) is -2.05. The molecule has 3 aliphatic rings. The minimum atomic E-state index is -1.11. The Morgan fingerprint density at radius 1 is 1.16 bits per heavy atom. The molecule has 1 spiro atoms. The van der Waals surface area contributed by atoms with Crippen molar-refractivity contribution in [2.75, 3.05) is 0 Å². The van der Waals surface area contributed by atoms with Gasteiger partial charge in [0.1, 0.15) is 11.6 Å². The van der Waals surface area contributed by atoms with Gasteiger partial charge in [-0.25, -0.2) is 0 Å². The van der Waals surface area contributed by atoms with Crippen molar-refractivity contribution >= 4 is 17.7 Å². The van der Waals surface area contributed by atoms with Crippen molar-refractivity contribution in [2.45, 2.75) is 70.5 Å². The van der Waals surface area contributed by atoms with Crippen molar-refractivity contribution in [1.29, 1.82) is 0 Å². The summed E-state index contributed by atoms with van der Waals surface area (Å²) in [6.07, 6.45) is 3.15. The zero-order chi connectivity index (χ0) is 22.6. The maximum Gasteiger partial charge on any atom is 0.246 e. The topological polar surface area (TPSA) is 87.7 Å². The maximum absolute atomic E-state index is 13.5. The Hall–Kier alpha value is -2.67. The lowest BCUT2D eigenvalue weighted by Crippen LogP contribution is -2.59. The number of likely N-dealkylation sites (tertiary alicyclic amines) is 1. The van der Waals surface area contributed by atoms with Gasteiger partial charge in [-0.05, 0) is 40.2 Å². The van der Waals surface area contributed by atoms with Gasteiger partial charge in [-0.15, -0.1) is 0 Å². The predicted molar refractivity (Wildman–Crippen MR) is 116 cm³/mol. The first-order valence-electron chi connectivity index (χ1n) is 10.9. The molecular weight excluding hydrogens is 394 g/mol. The number of ether oxygens (including phenoxy) is 1. The van der Waals surface area contributed by atoms with Crippen LogP contribution in [0.5, 0.6) is 0 Å². The Bertz CT molecular complexity index is 921. The monoisotopic (exact) mass is 425 g/mol. The van der Waals surface area contributed by atoms with Gasteiger partial charge in [-0.1, -0.05) is 42.5 Å². The highest BCUT2D eigenvalue weighted by atomic mass is 16.5. The summed E-state index contributed by atoms with van der Waals surface area (Å²) in [6.45, 7) is 9.85. The fourth-order valence-corrected chi connectivity index (χ4v) is 5.10. The lowest BCUT2D eigenvalue weighted by molar-refractivity contribution is -0.144. The summed E-state index contributed by atoms with van der Waals surface area (Å²) in [6, 6.07) is 8.62. The molecule has 1 aromatic carbocycles. The molecule has 2 saturated heterocycles. The molecule has 2 fully saturated rings. The van der Waals surface area contributed by atoms with E-state index in [9.17, 15) is 14.4 Å². The molecule has 7 nitrogen and oxygen atoms in total. The van der Waals surface area contributed by atoms with E-state index in [1.54, 1.807) is 4.90 Å². The minimum Gasteiger partial charge on any atom is -0.359 e. The number of carbonyl (C=O) groups excluding carboxylic acids is 3. The van der Waals surface area contributed by atoms with Gasteiger partial charge in [-0.3, -0.25) is 14.4 Å². The third-order valence-electron chi connectivity index (χ3n) is 6.23. The third kappa shape index (κ3) is 3.55. The lowest BCUT2D eigenvalue weighted by atomic mass is 9.74. The fourth-order valence-electron chi connectivity index (χ4n) is 5.10. The van der Waals surface area contributed by atoms with Gasteiger partial charge >= 0.3 is 0 Å². The van der Waals surface area contributed by atoms with Gasteiger partial charge in [0.2, 0.25) is 17.7 Å². The number of fused-ring (bicyclic) bond motifs is 1. The van der Waals surface area contributed by atoms with E-state index in [0.717, 1.165) is 5.56 Å². The first-order chi connectivity index (χ1) is 14.5. The highest BCUT2D eigenvalue weighted by Gasteiger charge is 2.73. The highest BCUT2D eigenvalue weighted by Crippen LogP contribution is 2.55. The summed E-state index contributed by atoms with van der Waals surface area (Å²) in [5.41, 5.74) is -0.588. The molecule has 0 saturated carbocycles. The molecule has 0 aliphatic carbocycles. The second-order valence-corrected chi connectivity index (χ2v) is 9.98. The van der Waals surface area contributed by atoms with Gasteiger partial charge in [0.05, 0.1) is 17.9 Å². The number of nitrogens with one attached hydrogen (secondary N) is 2. The van der Waals surface area contributed by atoms with E-state index in [2.05, 4.69) is 10.6 Å². The van der Waals surface area contributed by atoms with Crippen molar-refractivity contribution in [2.24, 2.45) is 11.8 Å². The Morgan fingerprint density at radius 3 is 2.45 bits per heavy atom. The molecule has 7 heteroatoms. The van der Waals surface area contributed by atoms with Crippen LogP contribution in [-0.4, -0.2) is 51.9 Å². The first kappa shape index (κ1) is 21.6. The average molecular weight is 426 g/mol.